The summed E-state index contributed by atoms with van der Waals surface area (Å²) < 4.78 is 0. The maximum Gasteiger partial charge on any atom is 0.226 e. The number of amides is 1. The van der Waals surface area contributed by atoms with Gasteiger partial charge >= 0.3 is 0 Å². The molecule has 1 saturated carbocycles. The van der Waals surface area contributed by atoms with Crippen LogP contribution >= 0.6 is 12.2 Å². The highest BCUT2D eigenvalue weighted by atomic mass is 32.1. The summed E-state index contributed by atoms with van der Waals surface area (Å²) in [4.78, 5) is 14.5. The minimum atomic E-state index is 0.0979. The first-order chi connectivity index (χ1) is 7.29. The highest BCUT2D eigenvalue weighted by Crippen LogP contribution is 2.52. The topological polar surface area (TPSA) is 46.3 Å². The summed E-state index contributed by atoms with van der Waals surface area (Å²) in [6, 6.07) is 0. The number of rotatable bonds is 5. The molecule has 0 bridgehead atoms. The van der Waals surface area contributed by atoms with Crippen molar-refractivity contribution < 1.29 is 4.79 Å². The van der Waals surface area contributed by atoms with Gasteiger partial charge in [0.15, 0.2) is 0 Å². The second-order valence-electron chi connectivity index (χ2n) is 5.43. The second kappa shape index (κ2) is 4.70. The molecule has 1 amide bonds. The molecule has 1 aliphatic carbocycles. The van der Waals surface area contributed by atoms with Crippen LogP contribution in [0.2, 0.25) is 0 Å². The fourth-order valence-electron chi connectivity index (χ4n) is 1.90. The van der Waals surface area contributed by atoms with Gasteiger partial charge in [0.1, 0.15) is 0 Å². The Bertz CT molecular complexity index is 301. The highest BCUT2D eigenvalue weighted by Gasteiger charge is 2.51. The molecule has 4 heteroatoms. The van der Waals surface area contributed by atoms with E-state index in [2.05, 4.69) is 13.8 Å². The van der Waals surface area contributed by atoms with E-state index >= 15 is 0 Å². The molecular weight excluding hydrogens is 220 g/mol. The molecule has 1 rings (SSSR count). The number of nitrogens with two attached hydrogens (primary N) is 1. The number of hydrogen-bond donors (Lipinski definition) is 1. The van der Waals surface area contributed by atoms with Crippen molar-refractivity contribution in [1.82, 2.24) is 4.90 Å². The van der Waals surface area contributed by atoms with Crippen LogP contribution in [0.15, 0.2) is 0 Å². The monoisotopic (exact) mass is 242 g/mol. The van der Waals surface area contributed by atoms with Crippen molar-refractivity contribution in [2.45, 2.75) is 34.1 Å². The van der Waals surface area contributed by atoms with Crippen LogP contribution in [0.3, 0.4) is 0 Å². The zero-order chi connectivity index (χ0) is 12.5. The van der Waals surface area contributed by atoms with E-state index in [1.807, 2.05) is 18.7 Å². The quantitative estimate of drug-likeness (QED) is 0.748. The van der Waals surface area contributed by atoms with Crippen LogP contribution in [-0.2, 0) is 4.79 Å². The Labute approximate surface area is 103 Å². The van der Waals surface area contributed by atoms with Crippen LogP contribution in [0.1, 0.15) is 34.1 Å². The molecule has 0 aromatic carbocycles. The maximum absolute atomic E-state index is 12.2. The summed E-state index contributed by atoms with van der Waals surface area (Å²) in [5.74, 6) is 0.558. The Morgan fingerprint density at radius 2 is 2.12 bits per heavy atom. The Morgan fingerprint density at radius 1 is 1.62 bits per heavy atom. The van der Waals surface area contributed by atoms with Crippen molar-refractivity contribution in [1.29, 1.82) is 0 Å². The summed E-state index contributed by atoms with van der Waals surface area (Å²) in [5.41, 5.74) is 5.77. The van der Waals surface area contributed by atoms with Gasteiger partial charge in [-0.15, -0.1) is 0 Å². The minimum absolute atomic E-state index is 0.0979. The second-order valence-corrected chi connectivity index (χ2v) is 5.90. The number of nitrogens with zero attached hydrogens (tertiary/aromatic N) is 1. The summed E-state index contributed by atoms with van der Waals surface area (Å²) in [6.45, 7) is 9.63. The third kappa shape index (κ3) is 2.94. The molecule has 92 valence electrons. The molecule has 0 saturated heterocycles. The zero-order valence-corrected chi connectivity index (χ0v) is 11.4. The van der Waals surface area contributed by atoms with Gasteiger partial charge in [0.05, 0.1) is 4.99 Å². The van der Waals surface area contributed by atoms with Gasteiger partial charge in [-0.25, -0.2) is 0 Å². The van der Waals surface area contributed by atoms with E-state index in [4.69, 9.17) is 18.0 Å². The molecule has 0 heterocycles. The lowest BCUT2D eigenvalue weighted by molar-refractivity contribution is -0.133. The van der Waals surface area contributed by atoms with E-state index in [1.54, 1.807) is 0 Å². The van der Waals surface area contributed by atoms with Gasteiger partial charge in [-0.1, -0.05) is 33.0 Å². The van der Waals surface area contributed by atoms with Gasteiger partial charge in [0.2, 0.25) is 5.91 Å². The van der Waals surface area contributed by atoms with E-state index in [9.17, 15) is 4.79 Å². The maximum atomic E-state index is 12.2. The molecule has 1 aliphatic rings. The summed E-state index contributed by atoms with van der Waals surface area (Å²) in [6.07, 6.45) is 1.00. The first-order valence-corrected chi connectivity index (χ1v) is 6.28. The molecule has 2 unspecified atom stereocenters. The molecule has 0 radical (unpaired) electrons. The lowest BCUT2D eigenvalue weighted by atomic mass is 10.1. The molecule has 1 fully saturated rings. The largest absolute Gasteiger partial charge is 0.393 e. The first kappa shape index (κ1) is 13.4. The summed E-state index contributed by atoms with van der Waals surface area (Å²) in [7, 11) is 0. The van der Waals surface area contributed by atoms with E-state index < -0.39 is 0 Å². The van der Waals surface area contributed by atoms with Crippen LogP contribution in [-0.4, -0.2) is 28.9 Å². The number of hydrogen-bond acceptors (Lipinski definition) is 2. The van der Waals surface area contributed by atoms with Crippen LogP contribution < -0.4 is 5.73 Å². The van der Waals surface area contributed by atoms with Gasteiger partial charge in [0, 0.05) is 24.9 Å². The fourth-order valence-corrected chi connectivity index (χ4v) is 1.98. The normalized spacial score (nSPS) is 23.6. The Morgan fingerprint density at radius 3 is 2.44 bits per heavy atom. The summed E-state index contributed by atoms with van der Waals surface area (Å²) in [5, 5.41) is 0. The van der Waals surface area contributed by atoms with E-state index in [0.29, 0.717) is 11.5 Å². The molecule has 2 atom stereocenters. The van der Waals surface area contributed by atoms with Crippen LogP contribution in [0.4, 0.5) is 0 Å². The average Bonchev–Trinajstić information content (AvgIpc) is 2.82. The molecule has 0 spiro atoms. The number of carbonyl (C=O) groups excluding carboxylic acids is 1. The number of thiocarbonyl (C=S) groups is 1. The van der Waals surface area contributed by atoms with Crippen molar-refractivity contribution in [2.24, 2.45) is 23.0 Å². The van der Waals surface area contributed by atoms with Crippen molar-refractivity contribution in [3.05, 3.63) is 0 Å². The van der Waals surface area contributed by atoms with Crippen LogP contribution in [0.25, 0.3) is 0 Å². The van der Waals surface area contributed by atoms with Crippen molar-refractivity contribution in [3.8, 4) is 0 Å². The van der Waals surface area contributed by atoms with Crippen LogP contribution in [0.5, 0.6) is 0 Å². The fraction of sp³-hybridized carbons (Fsp3) is 0.833. The smallest absolute Gasteiger partial charge is 0.226 e. The predicted octanol–water partition coefficient (Wildman–Crippen LogP) is 1.80. The third-order valence-corrected chi connectivity index (χ3v) is 3.89. The van der Waals surface area contributed by atoms with Gasteiger partial charge in [-0.2, -0.15) is 0 Å². The lowest BCUT2D eigenvalue weighted by Gasteiger charge is -2.24. The predicted molar refractivity (Wildman–Crippen MR) is 70.1 cm³/mol. The molecule has 16 heavy (non-hydrogen) atoms. The number of carbonyl (C=O) groups is 1. The van der Waals surface area contributed by atoms with Gasteiger partial charge in [-0.3, -0.25) is 4.79 Å². The Kier molecular flexibility index (Phi) is 3.94. The summed E-state index contributed by atoms with van der Waals surface area (Å²) >= 11 is 4.94. The van der Waals surface area contributed by atoms with Gasteiger partial charge < -0.3 is 10.6 Å². The lowest BCUT2D eigenvalue weighted by Crippen LogP contribution is -2.39. The molecular formula is C12H22N2OS. The molecule has 0 aliphatic heterocycles. The third-order valence-electron chi connectivity index (χ3n) is 3.48. The van der Waals surface area contributed by atoms with Gasteiger partial charge in [-0.05, 0) is 18.8 Å². The standard InChI is InChI=1S/C12H22N2OS/c1-5-14(7-8(2)10(13)16)11(15)9-6-12(9,3)4/h8-9H,5-7H2,1-4H3,(H2,13,16). The van der Waals surface area contributed by atoms with E-state index in [0.717, 1.165) is 13.0 Å². The minimum Gasteiger partial charge on any atom is -0.393 e. The Hall–Kier alpha value is -0.640. The van der Waals surface area contributed by atoms with Crippen molar-refractivity contribution in [3.63, 3.8) is 0 Å². The first-order valence-electron chi connectivity index (χ1n) is 5.87. The molecule has 0 aromatic rings. The molecule has 3 nitrogen and oxygen atoms in total. The Balaban J connectivity index is 2.55. The highest BCUT2D eigenvalue weighted by molar-refractivity contribution is 7.80. The van der Waals surface area contributed by atoms with Gasteiger partial charge in [0.25, 0.3) is 0 Å². The van der Waals surface area contributed by atoms with E-state index in [-0.39, 0.29) is 23.2 Å². The average molecular weight is 242 g/mol. The van der Waals surface area contributed by atoms with Crippen LogP contribution in [0, 0.1) is 17.3 Å². The van der Waals surface area contributed by atoms with Crippen molar-refractivity contribution >= 4 is 23.1 Å². The molecule has 0 aromatic heterocycles. The van der Waals surface area contributed by atoms with Crippen molar-refractivity contribution in [2.75, 3.05) is 13.1 Å². The SMILES string of the molecule is CCN(CC(C)C(N)=S)C(=O)C1CC1(C)C. The van der Waals surface area contributed by atoms with E-state index in [1.165, 1.54) is 0 Å². The molecule has 2 N–H and O–H groups in total. The zero-order valence-electron chi connectivity index (χ0n) is 10.6.